The number of benzene rings is 3. The maximum atomic E-state index is 14.1. The Labute approximate surface area is 255 Å². The average molecular weight is 638 g/mol. The van der Waals surface area contributed by atoms with Gasteiger partial charge in [-0.1, -0.05) is 66.0 Å². The Morgan fingerprint density at radius 2 is 1.60 bits per heavy atom. The van der Waals surface area contributed by atoms with Gasteiger partial charge in [-0.25, -0.2) is 8.42 Å². The number of alkyl halides is 3. The second kappa shape index (κ2) is 13.8. The zero-order valence-corrected chi connectivity index (χ0v) is 26.1. The largest absolute Gasteiger partial charge is 0.417 e. The first-order chi connectivity index (χ1) is 20.0. The molecule has 12 heteroatoms. The average Bonchev–Trinajstić information content (AvgIpc) is 2.91. The van der Waals surface area contributed by atoms with Crippen LogP contribution in [0.15, 0.2) is 71.6 Å². The molecule has 0 saturated carbocycles. The van der Waals surface area contributed by atoms with E-state index < -0.39 is 56.9 Å². The number of rotatable bonds is 11. The van der Waals surface area contributed by atoms with Crippen LogP contribution in [-0.2, 0) is 32.3 Å². The fourth-order valence-corrected chi connectivity index (χ4v) is 6.19. The number of sulfonamides is 1. The van der Waals surface area contributed by atoms with Crippen molar-refractivity contribution in [3.05, 3.63) is 94.0 Å². The molecule has 1 atom stereocenters. The molecule has 0 saturated heterocycles. The topological polar surface area (TPSA) is 86.8 Å². The molecule has 1 N–H and O–H groups in total. The van der Waals surface area contributed by atoms with Gasteiger partial charge in [-0.05, 0) is 70.0 Å². The summed E-state index contributed by atoms with van der Waals surface area (Å²) in [6.45, 7) is 7.98. The molecule has 232 valence electrons. The Morgan fingerprint density at radius 1 is 0.953 bits per heavy atom. The predicted octanol–water partition coefficient (Wildman–Crippen LogP) is 6.50. The summed E-state index contributed by atoms with van der Waals surface area (Å²) >= 11 is 5.82. The summed E-state index contributed by atoms with van der Waals surface area (Å²) in [6.07, 6.45) is -4.67. The van der Waals surface area contributed by atoms with Crippen molar-refractivity contribution in [2.45, 2.75) is 70.7 Å². The third-order valence-corrected chi connectivity index (χ3v) is 8.80. The second-order valence-corrected chi connectivity index (χ2v) is 12.9. The molecular formula is C31H35ClF3N3O4S. The highest BCUT2D eigenvalue weighted by molar-refractivity contribution is 7.92. The van der Waals surface area contributed by atoms with E-state index in [0.29, 0.717) is 15.9 Å². The van der Waals surface area contributed by atoms with Gasteiger partial charge < -0.3 is 10.2 Å². The van der Waals surface area contributed by atoms with Gasteiger partial charge in [-0.15, -0.1) is 0 Å². The normalized spacial score (nSPS) is 12.6. The van der Waals surface area contributed by atoms with Crippen molar-refractivity contribution >= 4 is 39.1 Å². The number of hydrogen-bond donors (Lipinski definition) is 1. The molecule has 0 aromatic heterocycles. The molecule has 43 heavy (non-hydrogen) atoms. The highest BCUT2D eigenvalue weighted by atomic mass is 35.5. The van der Waals surface area contributed by atoms with E-state index in [4.69, 9.17) is 11.6 Å². The molecule has 3 aromatic carbocycles. The molecule has 7 nitrogen and oxygen atoms in total. The molecule has 0 aliphatic carbocycles. The molecule has 0 spiro atoms. The van der Waals surface area contributed by atoms with Gasteiger partial charge in [0.2, 0.25) is 11.8 Å². The standard InChI is InChI=1S/C31H35ClF3N3O4S/c1-6-28(30(40)36-20(2)3)37(18-23-9-7-8-22(5)16-23)29(39)19-38(43(41,42)25-13-10-21(4)11-14-25)24-12-15-27(32)26(17-24)31(33,34)35/h7-17,20,28H,6,18-19H2,1-5H3,(H,36,40)/t28-/m1/s1. The van der Waals surface area contributed by atoms with Crippen LogP contribution in [0.1, 0.15) is 49.4 Å². The van der Waals surface area contributed by atoms with Crippen LogP contribution in [-0.4, -0.2) is 43.8 Å². The third kappa shape index (κ3) is 8.51. The number of aryl methyl sites for hydroxylation is 2. The molecule has 0 aliphatic rings. The minimum atomic E-state index is -4.88. The summed E-state index contributed by atoms with van der Waals surface area (Å²) in [5, 5.41) is 2.18. The summed E-state index contributed by atoms with van der Waals surface area (Å²) in [5.74, 6) is -1.20. The van der Waals surface area contributed by atoms with Gasteiger partial charge in [-0.3, -0.25) is 13.9 Å². The maximum Gasteiger partial charge on any atom is 0.417 e. The smallest absolute Gasteiger partial charge is 0.352 e. The quantitative estimate of drug-likeness (QED) is 0.260. The molecule has 0 fully saturated rings. The predicted molar refractivity (Wildman–Crippen MR) is 161 cm³/mol. The number of nitrogens with one attached hydrogen (secondary N) is 1. The first-order valence-corrected chi connectivity index (χ1v) is 15.5. The van der Waals surface area contributed by atoms with E-state index >= 15 is 0 Å². The van der Waals surface area contributed by atoms with E-state index in [1.54, 1.807) is 52.0 Å². The lowest BCUT2D eigenvalue weighted by Gasteiger charge is -2.33. The number of hydrogen-bond acceptors (Lipinski definition) is 4. The lowest BCUT2D eigenvalue weighted by molar-refractivity contribution is -0.140. The Kier molecular flexibility index (Phi) is 10.9. The number of carbonyl (C=O) groups excluding carboxylic acids is 2. The summed E-state index contributed by atoms with van der Waals surface area (Å²) < 4.78 is 69.9. The molecule has 0 bridgehead atoms. The maximum absolute atomic E-state index is 14.1. The number of anilines is 1. The van der Waals surface area contributed by atoms with E-state index in [9.17, 15) is 31.2 Å². The monoisotopic (exact) mass is 637 g/mol. The van der Waals surface area contributed by atoms with Crippen LogP contribution in [0.2, 0.25) is 5.02 Å². The molecule has 0 heterocycles. The van der Waals surface area contributed by atoms with Crippen LogP contribution in [0.25, 0.3) is 0 Å². The first kappa shape index (κ1) is 33.9. The van der Waals surface area contributed by atoms with Gasteiger partial charge in [0.15, 0.2) is 0 Å². The number of halogens is 4. The second-order valence-electron chi connectivity index (χ2n) is 10.6. The van der Waals surface area contributed by atoms with Gasteiger partial charge in [0.25, 0.3) is 10.0 Å². The van der Waals surface area contributed by atoms with Gasteiger partial charge in [-0.2, -0.15) is 13.2 Å². The fourth-order valence-electron chi connectivity index (χ4n) is 4.56. The molecule has 0 aliphatic heterocycles. The van der Waals surface area contributed by atoms with E-state index in [1.165, 1.54) is 17.0 Å². The SMILES string of the molecule is CC[C@H](C(=O)NC(C)C)N(Cc1cccc(C)c1)C(=O)CN(c1ccc(Cl)c(C(F)(F)F)c1)S(=O)(=O)c1ccc(C)cc1. The van der Waals surface area contributed by atoms with Crippen LogP contribution in [0.4, 0.5) is 18.9 Å². The van der Waals surface area contributed by atoms with Crippen molar-refractivity contribution in [3.8, 4) is 0 Å². The molecule has 3 aromatic rings. The lowest BCUT2D eigenvalue weighted by atomic mass is 10.1. The highest BCUT2D eigenvalue weighted by Gasteiger charge is 2.37. The van der Waals surface area contributed by atoms with Crippen molar-refractivity contribution in [2.24, 2.45) is 0 Å². The minimum absolute atomic E-state index is 0.0304. The van der Waals surface area contributed by atoms with Gasteiger partial charge in [0.05, 0.1) is 21.2 Å². The third-order valence-electron chi connectivity index (χ3n) is 6.68. The summed E-state index contributed by atoms with van der Waals surface area (Å²) in [4.78, 5) is 28.3. The molecule has 0 radical (unpaired) electrons. The van der Waals surface area contributed by atoms with Crippen molar-refractivity contribution < 1.29 is 31.2 Å². The van der Waals surface area contributed by atoms with Gasteiger partial charge >= 0.3 is 6.18 Å². The lowest BCUT2D eigenvalue weighted by Crippen LogP contribution is -2.53. The van der Waals surface area contributed by atoms with E-state index in [2.05, 4.69) is 5.32 Å². The number of carbonyl (C=O) groups is 2. The molecule has 2 amide bonds. The van der Waals surface area contributed by atoms with Gasteiger partial charge in [0, 0.05) is 12.6 Å². The Hall–Kier alpha value is -3.57. The summed E-state index contributed by atoms with van der Waals surface area (Å²) in [5.41, 5.74) is 0.721. The van der Waals surface area contributed by atoms with Crippen LogP contribution in [0, 0.1) is 13.8 Å². The summed E-state index contributed by atoms with van der Waals surface area (Å²) in [6, 6.07) is 14.5. The van der Waals surface area contributed by atoms with Crippen molar-refractivity contribution in [2.75, 3.05) is 10.8 Å². The zero-order chi connectivity index (χ0) is 32.1. The van der Waals surface area contributed by atoms with Crippen molar-refractivity contribution in [3.63, 3.8) is 0 Å². The van der Waals surface area contributed by atoms with Crippen LogP contribution in [0.5, 0.6) is 0 Å². The molecule has 3 rings (SSSR count). The minimum Gasteiger partial charge on any atom is -0.352 e. The van der Waals surface area contributed by atoms with E-state index in [-0.39, 0.29) is 23.9 Å². The van der Waals surface area contributed by atoms with Crippen LogP contribution in [0.3, 0.4) is 0 Å². The first-order valence-electron chi connectivity index (χ1n) is 13.7. The van der Waals surface area contributed by atoms with Crippen molar-refractivity contribution in [1.29, 1.82) is 0 Å². The Morgan fingerprint density at radius 3 is 2.16 bits per heavy atom. The summed E-state index contributed by atoms with van der Waals surface area (Å²) in [7, 11) is -4.55. The fraction of sp³-hybridized carbons (Fsp3) is 0.355. The number of amides is 2. The Bertz CT molecular complexity index is 1560. The van der Waals surface area contributed by atoms with Crippen LogP contribution < -0.4 is 9.62 Å². The van der Waals surface area contributed by atoms with E-state index in [1.807, 2.05) is 19.1 Å². The highest BCUT2D eigenvalue weighted by Crippen LogP contribution is 2.38. The van der Waals surface area contributed by atoms with Crippen LogP contribution >= 0.6 is 11.6 Å². The number of nitrogens with zero attached hydrogens (tertiary/aromatic N) is 2. The molecular weight excluding hydrogens is 603 g/mol. The Balaban J connectivity index is 2.16. The zero-order valence-electron chi connectivity index (χ0n) is 24.6. The van der Waals surface area contributed by atoms with E-state index in [0.717, 1.165) is 23.3 Å². The van der Waals surface area contributed by atoms with Gasteiger partial charge in [0.1, 0.15) is 12.6 Å². The van der Waals surface area contributed by atoms with Crippen molar-refractivity contribution in [1.82, 2.24) is 10.2 Å². The molecule has 0 unspecified atom stereocenters.